The number of hydrogen-bond acceptors (Lipinski definition) is 6. The predicted octanol–water partition coefficient (Wildman–Crippen LogP) is 2.38. The number of anilines is 2. The Morgan fingerprint density at radius 1 is 1.04 bits per heavy atom. The molecular weight excluding hydrogens is 342 g/mol. The van der Waals surface area contributed by atoms with Gasteiger partial charge in [0.15, 0.2) is 5.78 Å². The van der Waals surface area contributed by atoms with Crippen molar-refractivity contribution in [1.29, 1.82) is 0 Å². The maximum atomic E-state index is 12.1. The largest absolute Gasteiger partial charge is 0.495 e. The molecule has 9 heteroatoms. The number of Topliss-reactive ketones (excluding diaryl/α,β-unsaturated/α-hetero) is 1. The van der Waals surface area contributed by atoms with Crippen molar-refractivity contribution in [3.05, 3.63) is 58.1 Å². The molecule has 0 bridgehead atoms. The van der Waals surface area contributed by atoms with Crippen molar-refractivity contribution >= 4 is 34.7 Å². The molecule has 2 aromatic rings. The number of ether oxygens (including phenoxy) is 1. The summed E-state index contributed by atoms with van der Waals surface area (Å²) in [6.07, 6.45) is 0. The van der Waals surface area contributed by atoms with Crippen molar-refractivity contribution < 1.29 is 24.0 Å². The molecule has 0 atom stereocenters. The molecule has 0 radical (unpaired) electrons. The van der Waals surface area contributed by atoms with E-state index in [1.54, 1.807) is 12.1 Å². The molecule has 0 aromatic heterocycles. The van der Waals surface area contributed by atoms with Gasteiger partial charge >= 0.3 is 11.8 Å². The van der Waals surface area contributed by atoms with Gasteiger partial charge in [0.1, 0.15) is 5.75 Å². The molecule has 0 saturated heterocycles. The zero-order valence-electron chi connectivity index (χ0n) is 13.9. The number of nitro groups is 1. The number of carbonyl (C=O) groups is 3. The number of ketones is 1. The van der Waals surface area contributed by atoms with Gasteiger partial charge in [-0.05, 0) is 25.1 Å². The Hall–Kier alpha value is -3.75. The third kappa shape index (κ3) is 4.41. The van der Waals surface area contributed by atoms with E-state index in [4.69, 9.17) is 4.74 Å². The SMILES string of the molecule is COc1ccc([N+](=O)[O-])cc1NC(=O)C(=O)Nc1cccc(C(C)=O)c1. The maximum Gasteiger partial charge on any atom is 0.314 e. The van der Waals surface area contributed by atoms with Crippen LogP contribution in [0.3, 0.4) is 0 Å². The first kappa shape index (κ1) is 18.6. The van der Waals surface area contributed by atoms with Crippen molar-refractivity contribution in [1.82, 2.24) is 0 Å². The van der Waals surface area contributed by atoms with Gasteiger partial charge in [0.05, 0.1) is 17.7 Å². The third-order valence-electron chi connectivity index (χ3n) is 3.38. The summed E-state index contributed by atoms with van der Waals surface area (Å²) in [4.78, 5) is 45.7. The number of nitrogens with one attached hydrogen (secondary N) is 2. The second-order valence-electron chi connectivity index (χ2n) is 5.19. The standard InChI is InChI=1S/C17H15N3O6/c1-10(21)11-4-3-5-12(8-11)18-16(22)17(23)19-14-9-13(20(24)25)6-7-15(14)26-2/h3-9H,1-2H3,(H,18,22)(H,19,23). The predicted molar refractivity (Wildman–Crippen MR) is 93.4 cm³/mol. The third-order valence-corrected chi connectivity index (χ3v) is 3.38. The van der Waals surface area contributed by atoms with Crippen LogP contribution in [0.4, 0.5) is 17.1 Å². The van der Waals surface area contributed by atoms with Gasteiger partial charge in [-0.1, -0.05) is 12.1 Å². The minimum absolute atomic E-state index is 0.0145. The smallest absolute Gasteiger partial charge is 0.314 e. The van der Waals surface area contributed by atoms with Crippen LogP contribution >= 0.6 is 0 Å². The highest BCUT2D eigenvalue weighted by atomic mass is 16.6. The van der Waals surface area contributed by atoms with Crippen molar-refractivity contribution in [2.45, 2.75) is 6.92 Å². The number of hydrogen-bond donors (Lipinski definition) is 2. The van der Waals surface area contributed by atoms with Crippen LogP contribution < -0.4 is 15.4 Å². The molecule has 2 rings (SSSR count). The highest BCUT2D eigenvalue weighted by Gasteiger charge is 2.19. The van der Waals surface area contributed by atoms with Crippen LogP contribution in [0.15, 0.2) is 42.5 Å². The number of nitrogens with zero attached hydrogens (tertiary/aromatic N) is 1. The Balaban J connectivity index is 2.15. The molecule has 26 heavy (non-hydrogen) atoms. The number of benzene rings is 2. The van der Waals surface area contributed by atoms with Gasteiger partial charge in [-0.2, -0.15) is 0 Å². The Kier molecular flexibility index (Phi) is 5.63. The maximum absolute atomic E-state index is 12.1. The summed E-state index contributed by atoms with van der Waals surface area (Å²) >= 11 is 0. The topological polar surface area (TPSA) is 128 Å². The second-order valence-corrected chi connectivity index (χ2v) is 5.19. The van der Waals surface area contributed by atoms with E-state index in [2.05, 4.69) is 10.6 Å². The highest BCUT2D eigenvalue weighted by molar-refractivity contribution is 6.43. The average Bonchev–Trinajstić information content (AvgIpc) is 2.61. The lowest BCUT2D eigenvalue weighted by Gasteiger charge is -2.10. The van der Waals surface area contributed by atoms with Crippen LogP contribution in [-0.4, -0.2) is 29.6 Å². The molecule has 2 amide bonds. The highest BCUT2D eigenvalue weighted by Crippen LogP contribution is 2.28. The van der Waals surface area contributed by atoms with Crippen molar-refractivity contribution in [3.8, 4) is 5.75 Å². The molecular formula is C17H15N3O6. The van der Waals surface area contributed by atoms with Gasteiger partial charge in [-0.15, -0.1) is 0 Å². The van der Waals surface area contributed by atoms with Crippen molar-refractivity contribution in [3.63, 3.8) is 0 Å². The molecule has 134 valence electrons. The fourth-order valence-corrected chi connectivity index (χ4v) is 2.09. The van der Waals surface area contributed by atoms with E-state index in [9.17, 15) is 24.5 Å². The van der Waals surface area contributed by atoms with E-state index in [0.29, 0.717) is 5.56 Å². The van der Waals surface area contributed by atoms with Gasteiger partial charge in [0.25, 0.3) is 5.69 Å². The summed E-state index contributed by atoms with van der Waals surface area (Å²) < 4.78 is 5.01. The first-order valence-corrected chi connectivity index (χ1v) is 7.37. The molecule has 0 unspecified atom stereocenters. The molecule has 0 fully saturated rings. The van der Waals surface area contributed by atoms with Gasteiger partial charge < -0.3 is 15.4 Å². The lowest BCUT2D eigenvalue weighted by Crippen LogP contribution is -2.29. The van der Waals surface area contributed by atoms with E-state index in [-0.39, 0.29) is 28.6 Å². The lowest BCUT2D eigenvalue weighted by molar-refractivity contribution is -0.384. The summed E-state index contributed by atoms with van der Waals surface area (Å²) in [5.74, 6) is -2.07. The Labute approximate surface area is 148 Å². The van der Waals surface area contributed by atoms with Crippen LogP contribution in [0, 0.1) is 10.1 Å². The van der Waals surface area contributed by atoms with Gasteiger partial charge in [-0.3, -0.25) is 24.5 Å². The normalized spacial score (nSPS) is 9.92. The first-order valence-electron chi connectivity index (χ1n) is 7.37. The molecule has 9 nitrogen and oxygen atoms in total. The zero-order valence-corrected chi connectivity index (χ0v) is 13.9. The molecule has 0 aliphatic heterocycles. The molecule has 0 aliphatic carbocycles. The molecule has 0 aliphatic rings. The van der Waals surface area contributed by atoms with Crippen LogP contribution in [0.1, 0.15) is 17.3 Å². The number of methoxy groups -OCH3 is 1. The summed E-state index contributed by atoms with van der Waals surface area (Å²) in [5.41, 5.74) is 0.363. The second kappa shape index (κ2) is 7.88. The first-order chi connectivity index (χ1) is 12.3. The number of rotatable bonds is 5. The summed E-state index contributed by atoms with van der Waals surface area (Å²) in [5, 5.41) is 15.5. The van der Waals surface area contributed by atoms with Crippen molar-refractivity contribution in [2.24, 2.45) is 0 Å². The van der Waals surface area contributed by atoms with E-state index in [0.717, 1.165) is 6.07 Å². The summed E-state index contributed by atoms with van der Waals surface area (Å²) in [7, 11) is 1.32. The molecule has 0 saturated carbocycles. The quantitative estimate of drug-likeness (QED) is 0.366. The summed E-state index contributed by atoms with van der Waals surface area (Å²) in [6, 6.07) is 9.69. The minimum atomic E-state index is -1.04. The number of amides is 2. The van der Waals surface area contributed by atoms with E-state index in [1.165, 1.54) is 38.3 Å². The van der Waals surface area contributed by atoms with Gasteiger partial charge in [-0.25, -0.2) is 0 Å². The van der Waals surface area contributed by atoms with Gasteiger partial charge in [0.2, 0.25) is 0 Å². The molecule has 2 N–H and O–H groups in total. The van der Waals surface area contributed by atoms with Crippen LogP contribution in [0.2, 0.25) is 0 Å². The fraction of sp³-hybridized carbons (Fsp3) is 0.118. The van der Waals surface area contributed by atoms with E-state index >= 15 is 0 Å². The van der Waals surface area contributed by atoms with Crippen LogP contribution in [0.25, 0.3) is 0 Å². The average molecular weight is 357 g/mol. The molecule has 2 aromatic carbocycles. The van der Waals surface area contributed by atoms with Crippen LogP contribution in [0.5, 0.6) is 5.75 Å². The fourth-order valence-electron chi connectivity index (χ4n) is 2.09. The number of nitro benzene ring substituents is 1. The number of non-ortho nitro benzene ring substituents is 1. The lowest BCUT2D eigenvalue weighted by atomic mass is 10.1. The Morgan fingerprint density at radius 2 is 1.73 bits per heavy atom. The Morgan fingerprint density at radius 3 is 2.35 bits per heavy atom. The Bertz CT molecular complexity index is 894. The summed E-state index contributed by atoms with van der Waals surface area (Å²) in [6.45, 7) is 1.38. The monoisotopic (exact) mass is 357 g/mol. The van der Waals surface area contributed by atoms with E-state index < -0.39 is 16.7 Å². The minimum Gasteiger partial charge on any atom is -0.495 e. The molecule has 0 heterocycles. The molecule has 0 spiro atoms. The van der Waals surface area contributed by atoms with Crippen molar-refractivity contribution in [2.75, 3.05) is 17.7 Å². The van der Waals surface area contributed by atoms with E-state index in [1.807, 2.05) is 0 Å². The van der Waals surface area contributed by atoms with Gasteiger partial charge in [0, 0.05) is 23.4 Å². The number of carbonyl (C=O) groups excluding carboxylic acids is 3. The zero-order chi connectivity index (χ0) is 19.3. The van der Waals surface area contributed by atoms with Crippen LogP contribution in [-0.2, 0) is 9.59 Å².